The number of nitrogens with one attached hydrogen (secondary N) is 1. The molecule has 2 heterocycles. The van der Waals surface area contributed by atoms with Gasteiger partial charge in [-0.2, -0.15) is 0 Å². The van der Waals surface area contributed by atoms with Crippen LogP contribution in [0.25, 0.3) is 17.1 Å². The molecule has 0 saturated heterocycles. The summed E-state index contributed by atoms with van der Waals surface area (Å²) in [6, 6.07) is 19.9. The van der Waals surface area contributed by atoms with Gasteiger partial charge in [0.2, 0.25) is 0 Å². The predicted molar refractivity (Wildman–Crippen MR) is 225 cm³/mol. The van der Waals surface area contributed by atoms with Gasteiger partial charge in [0, 0.05) is 55.9 Å². The first-order valence-corrected chi connectivity index (χ1v) is 19.5. The Morgan fingerprint density at radius 1 is 0.842 bits per heavy atom. The number of hydrogen-bond donors (Lipinski definition) is 1. The smallest absolute Gasteiger partial charge is 0.407 e. The molecule has 3 aromatic carbocycles. The molecule has 304 valence electrons. The van der Waals surface area contributed by atoms with Gasteiger partial charge in [-0.15, -0.1) is 10.2 Å². The van der Waals surface area contributed by atoms with Crippen LogP contribution in [0.3, 0.4) is 0 Å². The van der Waals surface area contributed by atoms with Gasteiger partial charge >= 0.3 is 6.09 Å². The monoisotopic (exact) mass is 778 g/mol. The lowest BCUT2D eigenvalue weighted by Crippen LogP contribution is -2.32. The summed E-state index contributed by atoms with van der Waals surface area (Å²) >= 11 is 0. The molecule has 12 heteroatoms. The Balaban J connectivity index is 1.64. The SMILES string of the molecule is CCCCc1nc2c(N(Cc3ccc(OC)cc3OC)Cc3ccc(OC)cc3OC)nnc(/C=C/C(C)C)c2n1Cc1ccc(CNC(=O)OC(C)(C)C)cc1. The molecule has 5 aromatic rings. The van der Waals surface area contributed by atoms with Crippen LogP contribution in [-0.2, 0) is 37.3 Å². The minimum atomic E-state index is -0.563. The molecule has 0 aliphatic carbocycles. The highest BCUT2D eigenvalue weighted by Crippen LogP contribution is 2.35. The zero-order valence-corrected chi connectivity index (χ0v) is 35.1. The number of allylic oxidation sites excluding steroid dienone is 1. The molecule has 0 unspecified atom stereocenters. The molecule has 1 amide bonds. The van der Waals surface area contributed by atoms with Gasteiger partial charge in [-0.1, -0.05) is 57.5 Å². The maximum Gasteiger partial charge on any atom is 0.407 e. The van der Waals surface area contributed by atoms with E-state index in [2.05, 4.69) is 59.8 Å². The minimum absolute atomic E-state index is 0.306. The summed E-state index contributed by atoms with van der Waals surface area (Å²) in [5.74, 6) is 4.70. The van der Waals surface area contributed by atoms with E-state index in [1.54, 1.807) is 28.4 Å². The van der Waals surface area contributed by atoms with Gasteiger partial charge in [0.05, 0.1) is 28.4 Å². The summed E-state index contributed by atoms with van der Waals surface area (Å²) in [7, 11) is 6.61. The Hall–Kier alpha value is -5.78. The molecule has 2 aromatic heterocycles. The fraction of sp³-hybridized carbons (Fsp3) is 0.422. The normalized spacial score (nSPS) is 11.6. The van der Waals surface area contributed by atoms with E-state index in [-0.39, 0.29) is 0 Å². The summed E-state index contributed by atoms with van der Waals surface area (Å²) in [4.78, 5) is 19.9. The van der Waals surface area contributed by atoms with Crippen molar-refractivity contribution in [3.05, 3.63) is 101 Å². The number of amides is 1. The fourth-order valence-corrected chi connectivity index (χ4v) is 6.43. The maximum absolute atomic E-state index is 12.3. The van der Waals surface area contributed by atoms with Crippen molar-refractivity contribution in [3.63, 3.8) is 0 Å². The average Bonchev–Trinajstić information content (AvgIpc) is 3.55. The fourth-order valence-electron chi connectivity index (χ4n) is 6.43. The number of rotatable bonds is 18. The molecule has 12 nitrogen and oxygen atoms in total. The minimum Gasteiger partial charge on any atom is -0.497 e. The molecule has 0 atom stereocenters. The second kappa shape index (κ2) is 19.4. The molecule has 57 heavy (non-hydrogen) atoms. The standard InChI is InChI=1S/C45H58N6O6/c1-11-12-13-40-47-41-42(51(40)27-32-17-15-31(16-18-32)26-46-44(52)57-45(4,5)6)37(23-14-30(2)3)48-49-43(41)50(28-33-19-21-35(53-7)24-38(33)55-9)29-34-20-22-36(54-8)25-39(34)56-10/h14-25,30H,11-13,26-29H2,1-10H3,(H,46,52)/b23-14+. The van der Waals surface area contributed by atoms with E-state index in [0.717, 1.165) is 64.1 Å². The lowest BCUT2D eigenvalue weighted by Gasteiger charge is -2.26. The highest BCUT2D eigenvalue weighted by molar-refractivity contribution is 5.92. The number of alkyl carbamates (subject to hydrolysis) is 1. The van der Waals surface area contributed by atoms with E-state index < -0.39 is 11.7 Å². The second-order valence-corrected chi connectivity index (χ2v) is 15.3. The quantitative estimate of drug-likeness (QED) is 0.0922. The van der Waals surface area contributed by atoms with Crippen LogP contribution in [-0.4, -0.2) is 59.9 Å². The van der Waals surface area contributed by atoms with Crippen LogP contribution in [0, 0.1) is 5.92 Å². The number of benzene rings is 3. The molecule has 0 fully saturated rings. The van der Waals surface area contributed by atoms with E-state index in [4.69, 9.17) is 38.9 Å². The van der Waals surface area contributed by atoms with Crippen molar-refractivity contribution in [3.8, 4) is 23.0 Å². The summed E-state index contributed by atoms with van der Waals surface area (Å²) in [5, 5.41) is 12.7. The van der Waals surface area contributed by atoms with Crippen molar-refractivity contribution in [2.45, 2.75) is 92.6 Å². The number of carbonyl (C=O) groups is 1. The Bertz CT molecular complexity index is 2080. The Kier molecular flexibility index (Phi) is 14.4. The lowest BCUT2D eigenvalue weighted by atomic mass is 10.1. The molecule has 0 radical (unpaired) electrons. The lowest BCUT2D eigenvalue weighted by molar-refractivity contribution is 0.0523. The predicted octanol–water partition coefficient (Wildman–Crippen LogP) is 9.15. The van der Waals surface area contributed by atoms with Crippen molar-refractivity contribution in [1.29, 1.82) is 0 Å². The first kappa shape index (κ1) is 42.4. The molecule has 0 bridgehead atoms. The largest absolute Gasteiger partial charge is 0.497 e. The summed E-state index contributed by atoms with van der Waals surface area (Å²) in [5.41, 5.74) is 5.80. The maximum atomic E-state index is 12.3. The third-order valence-electron chi connectivity index (χ3n) is 9.36. The zero-order valence-electron chi connectivity index (χ0n) is 35.1. The van der Waals surface area contributed by atoms with Crippen LogP contribution in [0.1, 0.15) is 88.2 Å². The Morgan fingerprint density at radius 3 is 1.96 bits per heavy atom. The van der Waals surface area contributed by atoms with Crippen LogP contribution in [0.5, 0.6) is 23.0 Å². The van der Waals surface area contributed by atoms with Gasteiger partial charge in [-0.25, -0.2) is 9.78 Å². The van der Waals surface area contributed by atoms with Crippen molar-refractivity contribution < 1.29 is 28.5 Å². The molecule has 0 aliphatic rings. The van der Waals surface area contributed by atoms with Gasteiger partial charge in [-0.05, 0) is 74.6 Å². The number of carbonyl (C=O) groups excluding carboxylic acids is 1. The number of ether oxygens (including phenoxy) is 5. The molecule has 0 saturated carbocycles. The molecule has 0 aliphatic heterocycles. The summed E-state index contributed by atoms with van der Waals surface area (Å²) < 4.78 is 30.5. The third kappa shape index (κ3) is 11.2. The number of anilines is 1. The Labute approximate surface area is 337 Å². The molecular weight excluding hydrogens is 721 g/mol. The van der Waals surface area contributed by atoms with Crippen LogP contribution in [0.4, 0.5) is 10.6 Å². The first-order valence-electron chi connectivity index (χ1n) is 19.5. The number of hydrogen-bond acceptors (Lipinski definition) is 10. The van der Waals surface area contributed by atoms with E-state index in [9.17, 15) is 4.79 Å². The highest BCUT2D eigenvalue weighted by Gasteiger charge is 2.25. The summed E-state index contributed by atoms with van der Waals surface area (Å²) in [6.07, 6.45) is 6.53. The van der Waals surface area contributed by atoms with E-state index in [1.165, 1.54) is 0 Å². The van der Waals surface area contributed by atoms with Crippen LogP contribution >= 0.6 is 0 Å². The van der Waals surface area contributed by atoms with Gasteiger partial charge < -0.3 is 38.5 Å². The van der Waals surface area contributed by atoms with Gasteiger partial charge in [0.25, 0.3) is 0 Å². The van der Waals surface area contributed by atoms with E-state index in [0.29, 0.717) is 60.9 Å². The zero-order chi connectivity index (χ0) is 41.1. The van der Waals surface area contributed by atoms with Crippen LogP contribution < -0.4 is 29.2 Å². The van der Waals surface area contributed by atoms with Crippen molar-refractivity contribution in [2.24, 2.45) is 5.92 Å². The van der Waals surface area contributed by atoms with Gasteiger partial charge in [-0.3, -0.25) is 0 Å². The number of nitrogens with zero attached hydrogens (tertiary/aromatic N) is 5. The highest BCUT2D eigenvalue weighted by atomic mass is 16.6. The number of aromatic nitrogens is 4. The topological polar surface area (TPSA) is 122 Å². The number of imidazole rings is 1. The first-order chi connectivity index (χ1) is 27.4. The average molecular weight is 779 g/mol. The second-order valence-electron chi connectivity index (χ2n) is 15.3. The van der Waals surface area contributed by atoms with E-state index >= 15 is 0 Å². The summed E-state index contributed by atoms with van der Waals surface area (Å²) in [6.45, 7) is 13.8. The van der Waals surface area contributed by atoms with Crippen LogP contribution in [0.2, 0.25) is 0 Å². The number of fused-ring (bicyclic) bond motifs is 1. The van der Waals surface area contributed by atoms with E-state index in [1.807, 2.05) is 69.3 Å². The third-order valence-corrected chi connectivity index (χ3v) is 9.36. The van der Waals surface area contributed by atoms with Crippen molar-refractivity contribution in [2.75, 3.05) is 33.3 Å². The number of unbranched alkanes of at least 4 members (excludes halogenated alkanes) is 1. The molecule has 0 spiro atoms. The van der Waals surface area contributed by atoms with Crippen LogP contribution in [0.15, 0.2) is 66.7 Å². The number of methoxy groups -OCH3 is 4. The molecule has 1 N–H and O–H groups in total. The van der Waals surface area contributed by atoms with Gasteiger partial charge in [0.15, 0.2) is 5.82 Å². The Morgan fingerprint density at radius 2 is 1.44 bits per heavy atom. The van der Waals surface area contributed by atoms with Crippen molar-refractivity contribution >= 4 is 29.0 Å². The number of aryl methyl sites for hydroxylation is 1. The molecule has 5 rings (SSSR count). The van der Waals surface area contributed by atoms with Gasteiger partial charge in [0.1, 0.15) is 51.2 Å². The van der Waals surface area contributed by atoms with Crippen molar-refractivity contribution in [1.82, 2.24) is 25.1 Å². The molecular formula is C45H58N6O6.